The molecule has 0 radical (unpaired) electrons. The molecule has 1 heterocycles. The highest BCUT2D eigenvalue weighted by molar-refractivity contribution is 5.97. The van der Waals surface area contributed by atoms with E-state index in [-0.39, 0.29) is 17.5 Å². The quantitative estimate of drug-likeness (QED) is 0.496. The molecule has 9 heteroatoms. The zero-order chi connectivity index (χ0) is 25.2. The number of halogens is 3. The molecule has 1 saturated carbocycles. The molecule has 0 aliphatic heterocycles. The van der Waals surface area contributed by atoms with Crippen molar-refractivity contribution in [3.8, 4) is 0 Å². The molecule has 1 N–H and O–H groups in total. The van der Waals surface area contributed by atoms with Crippen LogP contribution in [0.1, 0.15) is 64.4 Å². The van der Waals surface area contributed by atoms with E-state index >= 15 is 0 Å². The van der Waals surface area contributed by atoms with Crippen molar-refractivity contribution in [3.63, 3.8) is 0 Å². The Hall–Kier alpha value is -3.49. The van der Waals surface area contributed by atoms with Gasteiger partial charge in [-0.2, -0.15) is 13.2 Å². The molecule has 0 atom stereocenters. The Balaban J connectivity index is 1.50. The molecule has 0 unspecified atom stereocenters. The first-order valence-electron chi connectivity index (χ1n) is 11.7. The summed E-state index contributed by atoms with van der Waals surface area (Å²) in [6.07, 6.45) is -1.08. The lowest BCUT2D eigenvalue weighted by atomic mass is 10.1. The van der Waals surface area contributed by atoms with Crippen molar-refractivity contribution < 1.29 is 22.8 Å². The largest absolute Gasteiger partial charge is 0.405 e. The van der Waals surface area contributed by atoms with Gasteiger partial charge in [0.25, 0.3) is 11.8 Å². The van der Waals surface area contributed by atoms with E-state index in [4.69, 9.17) is 9.97 Å². The van der Waals surface area contributed by atoms with E-state index in [1.165, 1.54) is 12.1 Å². The number of carbonyl (C=O) groups excluding carboxylic acids is 2. The van der Waals surface area contributed by atoms with Gasteiger partial charge in [-0.05, 0) is 61.6 Å². The number of alkyl halides is 3. The maximum atomic E-state index is 13.4. The number of nitrogens with zero attached hydrogens (tertiary/aromatic N) is 3. The topological polar surface area (TPSA) is 75.2 Å². The van der Waals surface area contributed by atoms with Crippen LogP contribution < -0.4 is 5.32 Å². The minimum absolute atomic E-state index is 0.110. The lowest BCUT2D eigenvalue weighted by Gasteiger charge is -2.23. The summed E-state index contributed by atoms with van der Waals surface area (Å²) in [5, 5.41) is 1.86. The predicted molar refractivity (Wildman–Crippen MR) is 126 cm³/mol. The molecule has 1 aromatic heterocycles. The number of nitrogens with one attached hydrogen (secondary N) is 1. The van der Waals surface area contributed by atoms with Crippen LogP contribution in [0.25, 0.3) is 11.0 Å². The van der Waals surface area contributed by atoms with Crippen LogP contribution in [0.2, 0.25) is 0 Å². The second-order valence-electron chi connectivity index (χ2n) is 8.69. The fourth-order valence-corrected chi connectivity index (χ4v) is 3.99. The molecule has 2 amide bonds. The summed E-state index contributed by atoms with van der Waals surface area (Å²) >= 11 is 0. The summed E-state index contributed by atoms with van der Waals surface area (Å²) in [5.74, 6) is -0.903. The molecular weight excluding hydrogens is 457 g/mol. The molecule has 4 rings (SSSR count). The van der Waals surface area contributed by atoms with E-state index in [1.54, 1.807) is 29.2 Å². The third-order valence-electron chi connectivity index (χ3n) is 6.00. The summed E-state index contributed by atoms with van der Waals surface area (Å²) < 4.78 is 37.0. The number of hydrogen-bond donors (Lipinski definition) is 1. The Morgan fingerprint density at radius 3 is 2.11 bits per heavy atom. The summed E-state index contributed by atoms with van der Waals surface area (Å²) in [7, 11) is 0. The monoisotopic (exact) mass is 484 g/mol. The molecule has 0 spiro atoms. The minimum Gasteiger partial charge on any atom is -0.343 e. The number of carbonyl (C=O) groups is 2. The molecule has 2 aromatic carbocycles. The van der Waals surface area contributed by atoms with Gasteiger partial charge in [0, 0.05) is 23.7 Å². The third-order valence-corrected chi connectivity index (χ3v) is 6.00. The fraction of sp³-hybridized carbons (Fsp3) is 0.385. The van der Waals surface area contributed by atoms with Crippen molar-refractivity contribution in [2.45, 2.75) is 58.3 Å². The maximum absolute atomic E-state index is 13.4. The predicted octanol–water partition coefficient (Wildman–Crippen LogP) is 4.85. The average Bonchev–Trinajstić information content (AvgIpc) is 3.69. The van der Waals surface area contributed by atoms with Crippen LogP contribution in [0.5, 0.6) is 0 Å². The molecule has 0 bridgehead atoms. The van der Waals surface area contributed by atoms with Crippen molar-refractivity contribution >= 4 is 22.8 Å². The van der Waals surface area contributed by atoms with Gasteiger partial charge in [-0.15, -0.1) is 0 Å². The van der Waals surface area contributed by atoms with Gasteiger partial charge in [-0.25, -0.2) is 9.97 Å². The van der Waals surface area contributed by atoms with E-state index in [0.717, 1.165) is 48.2 Å². The highest BCUT2D eigenvalue weighted by Crippen LogP contribution is 2.30. The lowest BCUT2D eigenvalue weighted by molar-refractivity contribution is -0.123. The van der Waals surface area contributed by atoms with Crippen molar-refractivity contribution in [3.05, 3.63) is 70.5 Å². The first-order valence-corrected chi connectivity index (χ1v) is 11.7. The summed E-state index contributed by atoms with van der Waals surface area (Å²) in [4.78, 5) is 36.6. The Morgan fingerprint density at radius 2 is 1.54 bits per heavy atom. The molecule has 1 fully saturated rings. The minimum atomic E-state index is -4.47. The van der Waals surface area contributed by atoms with Crippen molar-refractivity contribution in [1.29, 1.82) is 0 Å². The number of aryl methyl sites for hydroxylation is 2. The average molecular weight is 485 g/mol. The summed E-state index contributed by atoms with van der Waals surface area (Å²) in [5.41, 5.74) is 4.81. The Bertz CT molecular complexity index is 1240. The number of rotatable bonds is 8. The van der Waals surface area contributed by atoms with Crippen molar-refractivity contribution in [2.75, 3.05) is 6.54 Å². The Kier molecular flexibility index (Phi) is 7.05. The van der Waals surface area contributed by atoms with Gasteiger partial charge in [0.05, 0.1) is 22.4 Å². The highest BCUT2D eigenvalue weighted by Gasteiger charge is 2.33. The molecule has 1 aliphatic rings. The second-order valence-corrected chi connectivity index (χ2v) is 8.69. The Morgan fingerprint density at radius 1 is 0.943 bits per heavy atom. The van der Waals surface area contributed by atoms with Crippen molar-refractivity contribution in [2.24, 2.45) is 0 Å². The van der Waals surface area contributed by atoms with Crippen LogP contribution >= 0.6 is 0 Å². The van der Waals surface area contributed by atoms with E-state index in [2.05, 4.69) is 0 Å². The van der Waals surface area contributed by atoms with E-state index in [0.29, 0.717) is 17.6 Å². The third kappa shape index (κ3) is 5.96. The summed E-state index contributed by atoms with van der Waals surface area (Å²) in [6.45, 7) is 3.03. The molecule has 1 aliphatic carbocycles. The SMILES string of the molecule is CCc1nc2ccc(C(=O)N(Cc3ccc(C(=O)NCC(F)(F)F)cc3)C3CC3)cc2nc1CC. The molecule has 6 nitrogen and oxygen atoms in total. The second kappa shape index (κ2) is 10.0. The van der Waals surface area contributed by atoms with Crippen LogP contribution in [-0.4, -0.2) is 45.4 Å². The molecule has 184 valence electrons. The smallest absolute Gasteiger partial charge is 0.343 e. The van der Waals surface area contributed by atoms with Crippen LogP contribution in [0.15, 0.2) is 42.5 Å². The Labute approximate surface area is 201 Å². The van der Waals surface area contributed by atoms with Crippen LogP contribution in [-0.2, 0) is 19.4 Å². The standard InChI is InChI=1S/C26H27F3N4O2/c1-3-20-21(4-2)32-23-13-18(9-12-22(23)31-20)25(35)33(19-10-11-19)14-16-5-7-17(8-6-16)24(34)30-15-26(27,28)29/h5-9,12-13,19H,3-4,10-11,14-15H2,1-2H3,(H,30,34). The zero-order valence-corrected chi connectivity index (χ0v) is 19.7. The normalized spacial score (nSPS) is 13.6. The molecule has 0 saturated heterocycles. The van der Waals surface area contributed by atoms with Gasteiger partial charge < -0.3 is 10.2 Å². The first kappa shape index (κ1) is 24.6. The van der Waals surface area contributed by atoms with Crippen LogP contribution in [0.3, 0.4) is 0 Å². The summed E-state index contributed by atoms with van der Waals surface area (Å²) in [6, 6.07) is 11.8. The molecular formula is C26H27F3N4O2. The highest BCUT2D eigenvalue weighted by atomic mass is 19.4. The van der Waals surface area contributed by atoms with Gasteiger partial charge in [0.1, 0.15) is 6.54 Å². The fourth-order valence-electron chi connectivity index (χ4n) is 3.99. The number of benzene rings is 2. The van der Waals surface area contributed by atoms with Crippen molar-refractivity contribution in [1.82, 2.24) is 20.2 Å². The lowest BCUT2D eigenvalue weighted by Crippen LogP contribution is -2.34. The number of amides is 2. The van der Waals surface area contributed by atoms with E-state index in [9.17, 15) is 22.8 Å². The van der Waals surface area contributed by atoms with Gasteiger partial charge in [0.2, 0.25) is 0 Å². The number of fused-ring (bicyclic) bond motifs is 1. The molecule has 3 aromatic rings. The zero-order valence-electron chi connectivity index (χ0n) is 19.7. The van der Waals surface area contributed by atoms with Gasteiger partial charge in [-0.3, -0.25) is 9.59 Å². The van der Waals surface area contributed by atoms with Gasteiger partial charge >= 0.3 is 6.18 Å². The molecule has 35 heavy (non-hydrogen) atoms. The van der Waals surface area contributed by atoms with E-state index in [1.807, 2.05) is 25.2 Å². The number of aromatic nitrogens is 2. The maximum Gasteiger partial charge on any atom is 0.405 e. The van der Waals surface area contributed by atoms with E-state index < -0.39 is 18.6 Å². The van der Waals surface area contributed by atoms with Gasteiger partial charge in [0.15, 0.2) is 0 Å². The first-order chi connectivity index (χ1) is 16.7. The van der Waals surface area contributed by atoms with Crippen LogP contribution in [0.4, 0.5) is 13.2 Å². The van der Waals surface area contributed by atoms with Crippen LogP contribution in [0, 0.1) is 0 Å². The van der Waals surface area contributed by atoms with Gasteiger partial charge in [-0.1, -0.05) is 26.0 Å². The number of hydrogen-bond acceptors (Lipinski definition) is 4.